The lowest BCUT2D eigenvalue weighted by atomic mass is 10.0. The Morgan fingerprint density at radius 1 is 1.00 bits per heavy atom. The largest absolute Gasteiger partial charge is 0.452 e. The van der Waals surface area contributed by atoms with Crippen molar-refractivity contribution in [1.82, 2.24) is 15.6 Å². The van der Waals surface area contributed by atoms with Gasteiger partial charge in [0.1, 0.15) is 0 Å². The van der Waals surface area contributed by atoms with Crippen LogP contribution >= 0.6 is 0 Å². The molecule has 0 atom stereocenters. The van der Waals surface area contributed by atoms with Crippen LogP contribution in [-0.4, -0.2) is 43.0 Å². The van der Waals surface area contributed by atoms with Gasteiger partial charge in [-0.2, -0.15) is 0 Å². The second-order valence-corrected chi connectivity index (χ2v) is 6.46. The van der Waals surface area contributed by atoms with Gasteiger partial charge in [0.2, 0.25) is 5.91 Å². The molecule has 0 spiro atoms. The van der Waals surface area contributed by atoms with Crippen molar-refractivity contribution in [1.29, 1.82) is 0 Å². The number of nitrogens with one attached hydrogen (secondary N) is 2. The van der Waals surface area contributed by atoms with E-state index >= 15 is 0 Å². The number of aromatic nitrogens is 1. The first-order valence-electron chi connectivity index (χ1n) is 9.09. The topological polar surface area (TPSA) is 97.4 Å². The van der Waals surface area contributed by atoms with E-state index in [2.05, 4.69) is 15.6 Å². The van der Waals surface area contributed by atoms with Gasteiger partial charge >= 0.3 is 5.97 Å². The van der Waals surface area contributed by atoms with Crippen LogP contribution < -0.4 is 10.6 Å². The Morgan fingerprint density at radius 2 is 1.72 bits per heavy atom. The van der Waals surface area contributed by atoms with Gasteiger partial charge in [0.15, 0.2) is 6.61 Å². The highest BCUT2D eigenvalue weighted by Crippen LogP contribution is 2.25. The molecule has 0 saturated carbocycles. The molecule has 0 aliphatic heterocycles. The molecular weight excluding hydrogens is 370 g/mol. The van der Waals surface area contributed by atoms with E-state index in [1.165, 1.54) is 7.05 Å². The summed E-state index contributed by atoms with van der Waals surface area (Å²) >= 11 is 0. The molecule has 1 aromatic heterocycles. The minimum atomic E-state index is -0.632. The Bertz CT molecular complexity index is 1060. The number of benzene rings is 2. The van der Waals surface area contributed by atoms with Crippen molar-refractivity contribution in [3.05, 3.63) is 65.7 Å². The van der Waals surface area contributed by atoms with Gasteiger partial charge < -0.3 is 15.4 Å². The number of rotatable bonds is 6. The van der Waals surface area contributed by atoms with Crippen molar-refractivity contribution in [2.24, 2.45) is 0 Å². The number of carbonyl (C=O) groups excluding carboxylic acids is 3. The summed E-state index contributed by atoms with van der Waals surface area (Å²) < 4.78 is 5.16. The number of aryl methyl sites for hydroxylation is 1. The first kappa shape index (κ1) is 20.0. The van der Waals surface area contributed by atoms with Gasteiger partial charge in [-0.3, -0.25) is 9.59 Å². The maximum atomic E-state index is 12.7. The predicted molar refractivity (Wildman–Crippen MR) is 109 cm³/mol. The third kappa shape index (κ3) is 4.95. The molecule has 29 heavy (non-hydrogen) atoms. The number of carbonyl (C=O) groups is 3. The Labute approximate surface area is 168 Å². The van der Waals surface area contributed by atoms with E-state index in [1.807, 2.05) is 49.4 Å². The van der Waals surface area contributed by atoms with E-state index in [0.29, 0.717) is 22.2 Å². The minimum absolute atomic E-state index is 0.178. The second kappa shape index (κ2) is 8.97. The Morgan fingerprint density at radius 3 is 2.45 bits per heavy atom. The summed E-state index contributed by atoms with van der Waals surface area (Å²) in [6, 6.07) is 16.7. The first-order valence-corrected chi connectivity index (χ1v) is 9.09. The highest BCUT2D eigenvalue weighted by Gasteiger charge is 2.16. The summed E-state index contributed by atoms with van der Waals surface area (Å²) in [4.78, 5) is 40.3. The number of nitrogens with zero attached hydrogens (tertiary/aromatic N) is 1. The molecule has 7 nitrogen and oxygen atoms in total. The SMILES string of the molecule is CNC(=O)CNC(=O)COC(=O)c1cc(-c2ccc(C)cc2)nc2ccccc12. The monoisotopic (exact) mass is 391 g/mol. The molecule has 3 rings (SSSR count). The molecule has 3 aromatic rings. The standard InChI is InChI=1S/C22H21N3O4/c1-14-7-9-15(10-8-14)19-11-17(16-5-3-4-6-18(16)25-19)22(28)29-13-21(27)24-12-20(26)23-2/h3-11H,12-13H2,1-2H3,(H,23,26)(H,24,27). The van der Waals surface area contributed by atoms with Gasteiger partial charge in [0.05, 0.1) is 23.3 Å². The normalized spacial score (nSPS) is 10.4. The van der Waals surface area contributed by atoms with E-state index in [-0.39, 0.29) is 12.5 Å². The average Bonchev–Trinajstić information content (AvgIpc) is 2.75. The highest BCUT2D eigenvalue weighted by molar-refractivity contribution is 6.05. The number of hydrogen-bond acceptors (Lipinski definition) is 5. The van der Waals surface area contributed by atoms with Crippen molar-refractivity contribution in [3.63, 3.8) is 0 Å². The number of pyridine rings is 1. The fraction of sp³-hybridized carbons (Fsp3) is 0.182. The van der Waals surface area contributed by atoms with E-state index in [1.54, 1.807) is 12.1 Å². The van der Waals surface area contributed by atoms with Gasteiger partial charge in [-0.1, -0.05) is 48.0 Å². The molecule has 0 bridgehead atoms. The van der Waals surface area contributed by atoms with Gasteiger partial charge in [0, 0.05) is 18.0 Å². The van der Waals surface area contributed by atoms with Gasteiger partial charge in [-0.25, -0.2) is 9.78 Å². The van der Waals surface area contributed by atoms with Crippen LogP contribution in [0.1, 0.15) is 15.9 Å². The molecule has 148 valence electrons. The van der Waals surface area contributed by atoms with Crippen LogP contribution in [0.15, 0.2) is 54.6 Å². The van der Waals surface area contributed by atoms with Crippen LogP contribution in [0.5, 0.6) is 0 Å². The number of amides is 2. The molecule has 0 radical (unpaired) electrons. The summed E-state index contributed by atoms with van der Waals surface area (Å²) in [5, 5.41) is 5.41. The number of esters is 1. The Balaban J connectivity index is 1.83. The number of para-hydroxylation sites is 1. The summed E-state index contributed by atoms with van der Waals surface area (Å²) in [5.74, 6) is -1.53. The summed E-state index contributed by atoms with van der Waals surface area (Å²) in [5.41, 5.74) is 3.61. The predicted octanol–water partition coefficient (Wildman–Crippen LogP) is 2.23. The van der Waals surface area contributed by atoms with E-state index < -0.39 is 18.5 Å². The van der Waals surface area contributed by atoms with Crippen LogP contribution in [0, 0.1) is 6.92 Å². The van der Waals surface area contributed by atoms with Crippen LogP contribution in [0.2, 0.25) is 0 Å². The third-order valence-corrected chi connectivity index (χ3v) is 4.34. The van der Waals surface area contributed by atoms with Crippen molar-refractivity contribution in [2.75, 3.05) is 20.2 Å². The summed E-state index contributed by atoms with van der Waals surface area (Å²) in [7, 11) is 1.47. The van der Waals surface area contributed by atoms with Gasteiger partial charge in [0.25, 0.3) is 5.91 Å². The highest BCUT2D eigenvalue weighted by atomic mass is 16.5. The number of ether oxygens (including phenoxy) is 1. The molecule has 2 amide bonds. The molecule has 0 saturated heterocycles. The zero-order chi connectivity index (χ0) is 20.8. The van der Waals surface area contributed by atoms with Crippen LogP contribution in [0.3, 0.4) is 0 Å². The molecule has 7 heteroatoms. The molecule has 0 aliphatic carbocycles. The lowest BCUT2D eigenvalue weighted by Gasteiger charge is -2.10. The number of hydrogen-bond donors (Lipinski definition) is 2. The third-order valence-electron chi connectivity index (χ3n) is 4.34. The molecule has 2 N–H and O–H groups in total. The zero-order valence-electron chi connectivity index (χ0n) is 16.2. The minimum Gasteiger partial charge on any atom is -0.452 e. The van der Waals surface area contributed by atoms with Crippen molar-refractivity contribution >= 4 is 28.7 Å². The first-order chi connectivity index (χ1) is 14.0. The molecule has 0 unspecified atom stereocenters. The fourth-order valence-corrected chi connectivity index (χ4v) is 2.74. The average molecular weight is 391 g/mol. The molecule has 0 fully saturated rings. The molecule has 0 aliphatic rings. The van der Waals surface area contributed by atoms with Crippen LogP contribution in [0.25, 0.3) is 22.2 Å². The van der Waals surface area contributed by atoms with Gasteiger partial charge in [-0.05, 0) is 19.1 Å². The number of likely N-dealkylation sites (N-methyl/N-ethyl adjacent to an activating group) is 1. The maximum absolute atomic E-state index is 12.7. The van der Waals surface area contributed by atoms with Gasteiger partial charge in [-0.15, -0.1) is 0 Å². The smallest absolute Gasteiger partial charge is 0.339 e. The van der Waals surface area contributed by atoms with Crippen LogP contribution in [0.4, 0.5) is 0 Å². The van der Waals surface area contributed by atoms with Crippen molar-refractivity contribution in [3.8, 4) is 11.3 Å². The molecule has 2 aromatic carbocycles. The van der Waals surface area contributed by atoms with E-state index in [9.17, 15) is 14.4 Å². The van der Waals surface area contributed by atoms with Crippen LogP contribution in [-0.2, 0) is 14.3 Å². The quantitative estimate of drug-likeness (QED) is 0.628. The summed E-state index contributed by atoms with van der Waals surface area (Å²) in [6.07, 6.45) is 0. The second-order valence-electron chi connectivity index (χ2n) is 6.46. The lowest BCUT2D eigenvalue weighted by molar-refractivity contribution is -0.127. The van der Waals surface area contributed by atoms with Crippen molar-refractivity contribution in [2.45, 2.75) is 6.92 Å². The lowest BCUT2D eigenvalue weighted by Crippen LogP contribution is -2.37. The maximum Gasteiger partial charge on any atom is 0.339 e. The van der Waals surface area contributed by atoms with Crippen molar-refractivity contribution < 1.29 is 19.1 Å². The van der Waals surface area contributed by atoms with E-state index in [0.717, 1.165) is 11.1 Å². The molecule has 1 heterocycles. The number of fused-ring (bicyclic) bond motifs is 1. The Hall–Kier alpha value is -3.74. The Kier molecular flexibility index (Phi) is 6.19. The fourth-order valence-electron chi connectivity index (χ4n) is 2.74. The zero-order valence-corrected chi connectivity index (χ0v) is 16.2. The molecular formula is C22H21N3O4. The summed E-state index contributed by atoms with van der Waals surface area (Å²) in [6.45, 7) is 1.34. The van der Waals surface area contributed by atoms with E-state index in [4.69, 9.17) is 4.74 Å².